The van der Waals surface area contributed by atoms with E-state index in [9.17, 15) is 4.79 Å². The molecule has 0 aromatic rings. The molecule has 0 aromatic carbocycles. The summed E-state index contributed by atoms with van der Waals surface area (Å²) in [6, 6.07) is 0. The second kappa shape index (κ2) is 3.36. The third-order valence-electron chi connectivity index (χ3n) is 3.46. The lowest BCUT2D eigenvalue weighted by molar-refractivity contribution is -0.172. The number of carbonyl (C=O) groups is 1. The van der Waals surface area contributed by atoms with Gasteiger partial charge in [0, 0.05) is 7.11 Å². The van der Waals surface area contributed by atoms with Crippen molar-refractivity contribution in [3.05, 3.63) is 0 Å². The number of rotatable bonds is 2. The van der Waals surface area contributed by atoms with Crippen LogP contribution in [0.3, 0.4) is 0 Å². The molecule has 2 saturated carbocycles. The van der Waals surface area contributed by atoms with Crippen LogP contribution < -0.4 is 5.73 Å². The van der Waals surface area contributed by atoms with E-state index in [1.165, 1.54) is 0 Å². The fraction of sp³-hybridized carbons (Fsp3) is 0.889. The maximum Gasteiger partial charge on any atom is 0.323 e. The van der Waals surface area contributed by atoms with Crippen LogP contribution in [0.25, 0.3) is 0 Å². The van der Waals surface area contributed by atoms with Gasteiger partial charge in [-0.15, -0.1) is 12.4 Å². The Bertz CT molecular complexity index is 242. The van der Waals surface area contributed by atoms with Gasteiger partial charge in [-0.3, -0.25) is 4.79 Å². The lowest BCUT2D eigenvalue weighted by atomic mass is 9.48. The lowest BCUT2D eigenvalue weighted by Crippen LogP contribution is -2.67. The maximum atomic E-state index is 10.7. The highest BCUT2D eigenvalue weighted by Crippen LogP contribution is 2.60. The summed E-state index contributed by atoms with van der Waals surface area (Å²) in [5, 5.41) is 8.81. The van der Waals surface area contributed by atoms with Gasteiger partial charge >= 0.3 is 5.97 Å². The molecule has 4 nitrogen and oxygen atoms in total. The summed E-state index contributed by atoms with van der Waals surface area (Å²) in [4.78, 5) is 10.7. The average Bonchev–Trinajstić information content (AvgIpc) is 1.93. The summed E-state index contributed by atoms with van der Waals surface area (Å²) in [6.07, 6.45) is 3.54. The first-order valence-electron chi connectivity index (χ1n) is 4.55. The van der Waals surface area contributed by atoms with E-state index in [0.717, 1.165) is 12.8 Å². The van der Waals surface area contributed by atoms with Crippen molar-refractivity contribution < 1.29 is 14.6 Å². The Kier molecular flexibility index (Phi) is 2.82. The molecule has 82 valence electrons. The summed E-state index contributed by atoms with van der Waals surface area (Å²) in [7, 11) is 1.70. The zero-order valence-electron chi connectivity index (χ0n) is 8.16. The quantitative estimate of drug-likeness (QED) is 0.723. The molecule has 2 aliphatic rings. The second-order valence-corrected chi connectivity index (χ2v) is 4.58. The monoisotopic (exact) mass is 221 g/mol. The molecule has 14 heavy (non-hydrogen) atoms. The molecule has 0 saturated heterocycles. The molecule has 0 unspecified atom stereocenters. The van der Waals surface area contributed by atoms with Gasteiger partial charge in [-0.05, 0) is 31.1 Å². The number of hydrogen-bond acceptors (Lipinski definition) is 3. The van der Waals surface area contributed by atoms with Crippen molar-refractivity contribution in [1.82, 2.24) is 0 Å². The lowest BCUT2D eigenvalue weighted by Gasteiger charge is -2.60. The number of halogens is 1. The Labute approximate surface area is 89.2 Å². The van der Waals surface area contributed by atoms with Crippen molar-refractivity contribution in [3.63, 3.8) is 0 Å². The van der Waals surface area contributed by atoms with Gasteiger partial charge in [-0.2, -0.15) is 0 Å². The van der Waals surface area contributed by atoms with E-state index in [2.05, 4.69) is 0 Å². The minimum Gasteiger partial charge on any atom is -0.480 e. The molecule has 0 bridgehead atoms. The largest absolute Gasteiger partial charge is 0.480 e. The van der Waals surface area contributed by atoms with Crippen molar-refractivity contribution in [2.24, 2.45) is 11.1 Å². The van der Waals surface area contributed by atoms with Gasteiger partial charge in [0.15, 0.2) is 0 Å². The predicted octanol–water partition coefficient (Wildman–Crippen LogP) is 0.779. The van der Waals surface area contributed by atoms with Crippen molar-refractivity contribution in [3.8, 4) is 0 Å². The Morgan fingerprint density at radius 1 is 1.50 bits per heavy atom. The molecule has 2 rings (SSSR count). The fourth-order valence-electron chi connectivity index (χ4n) is 2.80. The minimum absolute atomic E-state index is 0. The number of methoxy groups -OCH3 is 1. The molecular formula is C9H16ClNO3. The van der Waals surface area contributed by atoms with Crippen LogP contribution in [-0.2, 0) is 9.53 Å². The Balaban J connectivity index is 0.000000980. The number of carboxylic acids is 1. The van der Waals surface area contributed by atoms with Gasteiger partial charge in [-0.1, -0.05) is 0 Å². The summed E-state index contributed by atoms with van der Waals surface area (Å²) >= 11 is 0. The number of aliphatic carboxylic acids is 1. The van der Waals surface area contributed by atoms with Crippen LogP contribution >= 0.6 is 12.4 Å². The van der Waals surface area contributed by atoms with Crippen LogP contribution in [0.1, 0.15) is 25.7 Å². The number of nitrogens with two attached hydrogens (primary N) is 1. The zero-order chi connectivity index (χ0) is 9.69. The van der Waals surface area contributed by atoms with E-state index in [0.29, 0.717) is 18.9 Å². The van der Waals surface area contributed by atoms with E-state index < -0.39 is 11.5 Å². The van der Waals surface area contributed by atoms with Crippen molar-refractivity contribution >= 4 is 18.4 Å². The van der Waals surface area contributed by atoms with Crippen molar-refractivity contribution in [2.75, 3.05) is 7.11 Å². The molecule has 2 fully saturated rings. The van der Waals surface area contributed by atoms with Gasteiger partial charge in [-0.25, -0.2) is 0 Å². The predicted molar refractivity (Wildman–Crippen MR) is 53.5 cm³/mol. The van der Waals surface area contributed by atoms with Crippen molar-refractivity contribution in [1.29, 1.82) is 0 Å². The highest BCUT2D eigenvalue weighted by atomic mass is 35.5. The first kappa shape index (κ1) is 11.8. The van der Waals surface area contributed by atoms with E-state index in [-0.39, 0.29) is 17.8 Å². The van der Waals surface area contributed by atoms with Gasteiger partial charge in [0.2, 0.25) is 0 Å². The van der Waals surface area contributed by atoms with Gasteiger partial charge in [0.25, 0.3) is 0 Å². The van der Waals surface area contributed by atoms with Crippen LogP contribution in [0, 0.1) is 5.41 Å². The normalized spacial score (nSPS) is 44.9. The van der Waals surface area contributed by atoms with Crippen LogP contribution in [0.4, 0.5) is 0 Å². The van der Waals surface area contributed by atoms with Gasteiger partial charge < -0.3 is 15.6 Å². The number of carboxylic acid groups (broad SMARTS) is 1. The Morgan fingerprint density at radius 2 is 2.00 bits per heavy atom. The van der Waals surface area contributed by atoms with Gasteiger partial charge in [0.05, 0.1) is 6.10 Å². The second-order valence-electron chi connectivity index (χ2n) is 4.58. The molecule has 0 radical (unpaired) electrons. The third-order valence-corrected chi connectivity index (χ3v) is 3.46. The fourth-order valence-corrected chi connectivity index (χ4v) is 2.80. The molecule has 0 amide bonds. The minimum atomic E-state index is -0.946. The van der Waals surface area contributed by atoms with E-state index in [4.69, 9.17) is 15.6 Å². The van der Waals surface area contributed by atoms with Crippen LogP contribution in [0.5, 0.6) is 0 Å². The highest BCUT2D eigenvalue weighted by molar-refractivity contribution is 5.85. The van der Waals surface area contributed by atoms with Crippen molar-refractivity contribution in [2.45, 2.75) is 37.3 Å². The molecule has 0 aliphatic heterocycles. The van der Waals surface area contributed by atoms with E-state index in [1.807, 2.05) is 0 Å². The van der Waals surface area contributed by atoms with E-state index >= 15 is 0 Å². The summed E-state index contributed by atoms with van der Waals surface area (Å²) in [6.45, 7) is 0. The zero-order valence-corrected chi connectivity index (χ0v) is 8.97. The summed E-state index contributed by atoms with van der Waals surface area (Å²) in [5.41, 5.74) is 4.93. The Morgan fingerprint density at radius 3 is 2.36 bits per heavy atom. The summed E-state index contributed by atoms with van der Waals surface area (Å²) < 4.78 is 5.16. The SMILES string of the molecule is COC1CC2(C1)CC(N)(C(=O)O)C2.Cl. The molecule has 3 N–H and O–H groups in total. The molecular weight excluding hydrogens is 206 g/mol. The topological polar surface area (TPSA) is 72.5 Å². The Hall–Kier alpha value is -0.320. The molecule has 0 aromatic heterocycles. The van der Waals surface area contributed by atoms with Gasteiger partial charge in [0.1, 0.15) is 5.54 Å². The molecule has 1 spiro atoms. The van der Waals surface area contributed by atoms with E-state index in [1.54, 1.807) is 7.11 Å². The number of ether oxygens (including phenoxy) is 1. The molecule has 2 aliphatic carbocycles. The number of hydrogen-bond donors (Lipinski definition) is 2. The van der Waals surface area contributed by atoms with Crippen LogP contribution in [0.2, 0.25) is 0 Å². The third kappa shape index (κ3) is 1.51. The molecule has 5 heteroatoms. The maximum absolute atomic E-state index is 10.7. The van der Waals surface area contributed by atoms with Crippen LogP contribution in [0.15, 0.2) is 0 Å². The van der Waals surface area contributed by atoms with Crippen LogP contribution in [-0.4, -0.2) is 29.8 Å². The molecule has 0 heterocycles. The first-order chi connectivity index (χ1) is 6.00. The first-order valence-corrected chi connectivity index (χ1v) is 4.55. The standard InChI is InChI=1S/C9H15NO3.ClH/c1-13-6-2-8(3-6)4-9(10,5-8)7(11)12;/h6H,2-5,10H2,1H3,(H,11,12);1H. The average molecular weight is 222 g/mol. The smallest absolute Gasteiger partial charge is 0.323 e. The highest BCUT2D eigenvalue weighted by Gasteiger charge is 2.62. The summed E-state index contributed by atoms with van der Waals surface area (Å²) in [5.74, 6) is -0.862. The molecule has 0 atom stereocenters.